The molecule has 0 amide bonds. The largest absolute Gasteiger partial charge is 0.419 e. The molecule has 0 aliphatic carbocycles. The van der Waals surface area contributed by atoms with Gasteiger partial charge in [-0.3, -0.25) is 0 Å². The molecular weight excluding hydrogens is 368 g/mol. The van der Waals surface area contributed by atoms with Crippen LogP contribution in [0.2, 0.25) is 0 Å². The normalized spacial score (nSPS) is 13.6. The lowest BCUT2D eigenvalue weighted by Gasteiger charge is -2.14. The van der Waals surface area contributed by atoms with Crippen LogP contribution in [0.4, 0.5) is 17.6 Å². The lowest BCUT2D eigenvalue weighted by molar-refractivity contribution is -0.140. The van der Waals surface area contributed by atoms with Crippen LogP contribution in [-0.4, -0.2) is 0 Å². The predicted molar refractivity (Wildman–Crippen MR) is 71.1 cm³/mol. The fraction of sp³-hybridized carbons (Fsp3) is 0.167. The van der Waals surface area contributed by atoms with Crippen LogP contribution in [0, 0.1) is 5.82 Å². The van der Waals surface area contributed by atoms with Crippen molar-refractivity contribution in [3.05, 3.63) is 55.9 Å². The molecule has 0 saturated carbocycles. The molecule has 2 aromatic rings. The summed E-state index contributed by atoms with van der Waals surface area (Å²) in [5.74, 6) is -1.32. The molecule has 0 radical (unpaired) electrons. The van der Waals surface area contributed by atoms with Crippen LogP contribution in [0.5, 0.6) is 0 Å². The number of thiophene rings is 1. The first-order chi connectivity index (χ1) is 8.80. The van der Waals surface area contributed by atoms with Crippen molar-refractivity contribution >= 4 is 38.9 Å². The summed E-state index contributed by atoms with van der Waals surface area (Å²) < 4.78 is 52.5. The van der Waals surface area contributed by atoms with Gasteiger partial charge in [-0.25, -0.2) is 4.39 Å². The van der Waals surface area contributed by atoms with Gasteiger partial charge in [0.15, 0.2) is 0 Å². The average Bonchev–Trinajstić information content (AvgIpc) is 2.74. The van der Waals surface area contributed by atoms with Gasteiger partial charge >= 0.3 is 6.18 Å². The summed E-state index contributed by atoms with van der Waals surface area (Å²) >= 11 is 10.5. The second-order valence-corrected chi connectivity index (χ2v) is 6.64. The minimum absolute atomic E-state index is 0.175. The van der Waals surface area contributed by atoms with E-state index in [1.54, 1.807) is 12.1 Å². The fourth-order valence-corrected chi connectivity index (χ4v) is 3.38. The lowest BCUT2D eigenvalue weighted by Crippen LogP contribution is -2.10. The van der Waals surface area contributed by atoms with Gasteiger partial charge in [0.05, 0.1) is 14.7 Å². The first-order valence-corrected chi connectivity index (χ1v) is 7.10. The zero-order chi connectivity index (χ0) is 14.2. The second kappa shape index (κ2) is 5.42. The van der Waals surface area contributed by atoms with Crippen LogP contribution >= 0.6 is 38.9 Å². The van der Waals surface area contributed by atoms with Crippen molar-refractivity contribution < 1.29 is 17.6 Å². The van der Waals surface area contributed by atoms with E-state index in [-0.39, 0.29) is 5.56 Å². The quantitative estimate of drug-likeness (QED) is 0.447. The average molecular weight is 374 g/mol. The van der Waals surface area contributed by atoms with Gasteiger partial charge in [-0.15, -0.1) is 22.9 Å². The number of benzene rings is 1. The van der Waals surface area contributed by atoms with Crippen molar-refractivity contribution in [3.63, 3.8) is 0 Å². The van der Waals surface area contributed by atoms with Crippen LogP contribution in [0.3, 0.4) is 0 Å². The first-order valence-electron chi connectivity index (χ1n) is 5.05. The van der Waals surface area contributed by atoms with Crippen molar-refractivity contribution in [1.29, 1.82) is 0 Å². The highest BCUT2D eigenvalue weighted by molar-refractivity contribution is 9.11. The summed E-state index contributed by atoms with van der Waals surface area (Å²) in [5, 5.41) is -0.946. The van der Waals surface area contributed by atoms with Crippen LogP contribution in [0.15, 0.2) is 34.1 Å². The van der Waals surface area contributed by atoms with E-state index in [0.29, 0.717) is 10.9 Å². The summed E-state index contributed by atoms with van der Waals surface area (Å²) in [6, 6.07) is 6.47. The van der Waals surface area contributed by atoms with E-state index in [1.807, 2.05) is 0 Å². The van der Waals surface area contributed by atoms with Gasteiger partial charge in [0.2, 0.25) is 0 Å². The molecule has 102 valence electrons. The van der Waals surface area contributed by atoms with Gasteiger partial charge in [0.1, 0.15) is 5.82 Å². The highest BCUT2D eigenvalue weighted by Gasteiger charge is 2.35. The van der Waals surface area contributed by atoms with Gasteiger partial charge in [-0.1, -0.05) is 12.1 Å². The van der Waals surface area contributed by atoms with Gasteiger partial charge in [-0.2, -0.15) is 13.2 Å². The molecule has 2 rings (SSSR count). The molecule has 0 bridgehead atoms. The Balaban J connectivity index is 2.46. The minimum Gasteiger partial charge on any atom is -0.206 e. The van der Waals surface area contributed by atoms with Crippen molar-refractivity contribution in [1.82, 2.24) is 0 Å². The number of hydrogen-bond donors (Lipinski definition) is 0. The molecule has 1 aromatic heterocycles. The highest BCUT2D eigenvalue weighted by Crippen LogP contribution is 2.40. The molecule has 0 aliphatic rings. The molecule has 0 spiro atoms. The molecule has 0 N–H and O–H groups in total. The molecule has 0 fully saturated rings. The SMILES string of the molecule is Fc1c(C(Cl)c2ccc(Br)s2)cccc1C(F)(F)F. The standard InChI is InChI=1S/C12H6BrClF4S/c13-9-5-4-8(19-9)10(14)6-2-1-3-7(11(6)15)12(16,17)18/h1-5,10H. The highest BCUT2D eigenvalue weighted by atomic mass is 79.9. The van der Waals surface area contributed by atoms with E-state index in [9.17, 15) is 17.6 Å². The molecule has 1 aromatic carbocycles. The molecule has 7 heteroatoms. The third kappa shape index (κ3) is 3.12. The zero-order valence-electron chi connectivity index (χ0n) is 9.14. The Morgan fingerprint density at radius 2 is 1.84 bits per heavy atom. The first kappa shape index (κ1) is 14.8. The van der Waals surface area contributed by atoms with E-state index in [0.717, 1.165) is 9.85 Å². The Labute approximate surface area is 124 Å². The zero-order valence-corrected chi connectivity index (χ0v) is 12.3. The maximum absolute atomic E-state index is 13.9. The minimum atomic E-state index is -4.73. The summed E-state index contributed by atoms with van der Waals surface area (Å²) in [4.78, 5) is 0.576. The molecular formula is C12H6BrClF4S. The van der Waals surface area contributed by atoms with E-state index < -0.39 is 22.9 Å². The number of rotatable bonds is 2. The smallest absolute Gasteiger partial charge is 0.206 e. The van der Waals surface area contributed by atoms with Crippen LogP contribution in [0.25, 0.3) is 0 Å². The molecule has 1 heterocycles. The van der Waals surface area contributed by atoms with E-state index >= 15 is 0 Å². The fourth-order valence-electron chi connectivity index (χ4n) is 1.58. The summed E-state index contributed by atoms with van der Waals surface area (Å²) in [7, 11) is 0. The summed E-state index contributed by atoms with van der Waals surface area (Å²) in [6.07, 6.45) is -4.73. The molecule has 1 unspecified atom stereocenters. The predicted octanol–water partition coefficient (Wildman–Crippen LogP) is 6.00. The Kier molecular flexibility index (Phi) is 4.23. The Bertz CT molecular complexity index is 594. The number of hydrogen-bond acceptors (Lipinski definition) is 1. The van der Waals surface area contributed by atoms with Gasteiger partial charge in [0.25, 0.3) is 0 Å². The monoisotopic (exact) mass is 372 g/mol. The van der Waals surface area contributed by atoms with Crippen molar-refractivity contribution in [2.45, 2.75) is 11.6 Å². The topological polar surface area (TPSA) is 0 Å². The van der Waals surface area contributed by atoms with Crippen LogP contribution in [-0.2, 0) is 6.18 Å². The Morgan fingerprint density at radius 1 is 1.16 bits per heavy atom. The molecule has 1 atom stereocenters. The molecule has 0 aliphatic heterocycles. The summed E-state index contributed by atoms with van der Waals surface area (Å²) in [6.45, 7) is 0. The van der Waals surface area contributed by atoms with Gasteiger partial charge in [0, 0.05) is 10.4 Å². The van der Waals surface area contributed by atoms with Crippen molar-refractivity contribution in [2.24, 2.45) is 0 Å². The van der Waals surface area contributed by atoms with Gasteiger partial charge < -0.3 is 0 Å². The Hall–Kier alpha value is -0.590. The second-order valence-electron chi connectivity index (χ2n) is 3.71. The molecule has 19 heavy (non-hydrogen) atoms. The summed E-state index contributed by atoms with van der Waals surface area (Å²) in [5.41, 5.74) is -1.47. The van der Waals surface area contributed by atoms with Crippen LogP contribution in [0.1, 0.15) is 21.4 Å². The number of halogens is 6. The molecule has 0 saturated heterocycles. The van der Waals surface area contributed by atoms with Gasteiger partial charge in [-0.05, 0) is 34.1 Å². The maximum atomic E-state index is 13.9. The molecule has 0 nitrogen and oxygen atoms in total. The van der Waals surface area contributed by atoms with E-state index in [1.165, 1.54) is 17.4 Å². The van der Waals surface area contributed by atoms with Crippen molar-refractivity contribution in [3.8, 4) is 0 Å². The Morgan fingerprint density at radius 3 is 2.37 bits per heavy atom. The van der Waals surface area contributed by atoms with E-state index in [4.69, 9.17) is 11.6 Å². The third-order valence-corrected chi connectivity index (χ3v) is 4.74. The maximum Gasteiger partial charge on any atom is 0.419 e. The third-order valence-electron chi connectivity index (χ3n) is 2.45. The number of alkyl halides is 4. The van der Waals surface area contributed by atoms with Crippen molar-refractivity contribution in [2.75, 3.05) is 0 Å². The van der Waals surface area contributed by atoms with Crippen LogP contribution < -0.4 is 0 Å². The van der Waals surface area contributed by atoms with E-state index in [2.05, 4.69) is 15.9 Å². The lowest BCUT2D eigenvalue weighted by atomic mass is 10.1.